The quantitative estimate of drug-likeness (QED) is 0.888. The molecule has 2 aromatic rings. The minimum absolute atomic E-state index is 0.0956. The number of phenolic OH excluding ortho intramolecular Hbond substituents is 1. The minimum Gasteiger partial charge on any atom is -0.507 e. The Bertz CT molecular complexity index is 549. The number of phenols is 1. The van der Waals surface area contributed by atoms with Crippen molar-refractivity contribution in [2.75, 3.05) is 0 Å². The van der Waals surface area contributed by atoms with Crippen molar-refractivity contribution in [1.29, 1.82) is 0 Å². The molecule has 1 N–H and O–H groups in total. The van der Waals surface area contributed by atoms with E-state index in [-0.39, 0.29) is 5.75 Å². The van der Waals surface area contributed by atoms with E-state index in [1.165, 1.54) is 12.5 Å². The molecular weight excluding hydrogens is 240 g/mol. The zero-order valence-electron chi connectivity index (χ0n) is 9.06. The standard InChI is InChI=1S/C12H11ClN2O2/c13-8-4-5-10(16)9(6-8)12-14-11(15-17-12)7-2-1-3-7/h4-7,16H,1-3H2. The lowest BCUT2D eigenvalue weighted by atomic mass is 9.85. The summed E-state index contributed by atoms with van der Waals surface area (Å²) in [4.78, 5) is 4.31. The molecule has 1 aromatic heterocycles. The van der Waals surface area contributed by atoms with Crippen LogP contribution in [-0.4, -0.2) is 15.2 Å². The molecule has 1 aliphatic carbocycles. The van der Waals surface area contributed by atoms with Crippen LogP contribution >= 0.6 is 11.6 Å². The van der Waals surface area contributed by atoms with Crippen LogP contribution in [0.25, 0.3) is 11.5 Å². The van der Waals surface area contributed by atoms with E-state index < -0.39 is 0 Å². The third-order valence-electron chi connectivity index (χ3n) is 3.10. The molecule has 0 unspecified atom stereocenters. The zero-order valence-corrected chi connectivity index (χ0v) is 9.81. The van der Waals surface area contributed by atoms with E-state index >= 15 is 0 Å². The molecule has 3 rings (SSSR count). The van der Waals surface area contributed by atoms with E-state index in [9.17, 15) is 5.11 Å². The van der Waals surface area contributed by atoms with Crippen LogP contribution in [0.1, 0.15) is 31.0 Å². The lowest BCUT2D eigenvalue weighted by Gasteiger charge is -2.20. The first kappa shape index (κ1) is 10.6. The summed E-state index contributed by atoms with van der Waals surface area (Å²) in [6, 6.07) is 4.75. The Morgan fingerprint density at radius 2 is 2.18 bits per heavy atom. The van der Waals surface area contributed by atoms with Crippen LogP contribution in [0.2, 0.25) is 5.02 Å². The van der Waals surface area contributed by atoms with Crippen LogP contribution in [0.3, 0.4) is 0 Å². The van der Waals surface area contributed by atoms with Crippen molar-refractivity contribution in [1.82, 2.24) is 10.1 Å². The number of hydrogen-bond donors (Lipinski definition) is 1. The maximum absolute atomic E-state index is 9.72. The first-order valence-electron chi connectivity index (χ1n) is 5.56. The summed E-state index contributed by atoms with van der Waals surface area (Å²) in [6.07, 6.45) is 3.44. The van der Waals surface area contributed by atoms with E-state index in [0.717, 1.165) is 18.7 Å². The monoisotopic (exact) mass is 250 g/mol. The third-order valence-corrected chi connectivity index (χ3v) is 3.34. The Labute approximate surface area is 103 Å². The highest BCUT2D eigenvalue weighted by Crippen LogP contribution is 2.37. The van der Waals surface area contributed by atoms with E-state index in [1.807, 2.05) is 0 Å². The van der Waals surface area contributed by atoms with Crippen molar-refractivity contribution in [2.24, 2.45) is 0 Å². The average Bonchev–Trinajstić information content (AvgIpc) is 2.68. The number of nitrogens with zero attached hydrogens (tertiary/aromatic N) is 2. The topological polar surface area (TPSA) is 59.2 Å². The van der Waals surface area contributed by atoms with Gasteiger partial charge in [0.05, 0.1) is 5.56 Å². The fourth-order valence-corrected chi connectivity index (χ4v) is 2.03. The summed E-state index contributed by atoms with van der Waals surface area (Å²) in [5, 5.41) is 14.2. The van der Waals surface area contributed by atoms with Crippen molar-refractivity contribution < 1.29 is 9.63 Å². The molecule has 5 heteroatoms. The largest absolute Gasteiger partial charge is 0.507 e. The Morgan fingerprint density at radius 1 is 1.35 bits per heavy atom. The van der Waals surface area contributed by atoms with Gasteiger partial charge in [0.15, 0.2) is 5.82 Å². The molecule has 1 aromatic carbocycles. The average molecular weight is 251 g/mol. The highest BCUT2D eigenvalue weighted by atomic mass is 35.5. The highest BCUT2D eigenvalue weighted by Gasteiger charge is 2.25. The Kier molecular flexibility index (Phi) is 2.52. The second-order valence-corrected chi connectivity index (χ2v) is 4.68. The SMILES string of the molecule is Oc1ccc(Cl)cc1-c1nc(C2CCC2)no1. The molecule has 0 amide bonds. The summed E-state index contributed by atoms with van der Waals surface area (Å²) in [5.74, 6) is 1.56. The highest BCUT2D eigenvalue weighted by molar-refractivity contribution is 6.30. The van der Waals surface area contributed by atoms with Crippen molar-refractivity contribution in [3.63, 3.8) is 0 Å². The molecule has 1 saturated carbocycles. The van der Waals surface area contributed by atoms with Gasteiger partial charge in [0.25, 0.3) is 5.89 Å². The molecule has 0 bridgehead atoms. The van der Waals surface area contributed by atoms with Crippen molar-refractivity contribution >= 4 is 11.6 Å². The van der Waals surface area contributed by atoms with Gasteiger partial charge in [-0.1, -0.05) is 23.2 Å². The number of aromatic nitrogens is 2. The van der Waals surface area contributed by atoms with Gasteiger partial charge in [0.1, 0.15) is 5.75 Å². The van der Waals surface area contributed by atoms with Crippen LogP contribution in [0, 0.1) is 0 Å². The van der Waals surface area contributed by atoms with Gasteiger partial charge in [-0.25, -0.2) is 0 Å². The van der Waals surface area contributed by atoms with Crippen molar-refractivity contribution in [2.45, 2.75) is 25.2 Å². The lowest BCUT2D eigenvalue weighted by molar-refractivity contribution is 0.365. The summed E-state index contributed by atoms with van der Waals surface area (Å²) in [6.45, 7) is 0. The second kappa shape index (κ2) is 4.04. The molecule has 0 spiro atoms. The molecular formula is C12H11ClN2O2. The number of hydrogen-bond acceptors (Lipinski definition) is 4. The zero-order chi connectivity index (χ0) is 11.8. The Balaban J connectivity index is 1.97. The van der Waals surface area contributed by atoms with E-state index in [4.69, 9.17) is 16.1 Å². The fourth-order valence-electron chi connectivity index (χ4n) is 1.86. The molecule has 0 saturated heterocycles. The molecule has 88 valence electrons. The number of aromatic hydroxyl groups is 1. The molecule has 1 aliphatic rings. The Morgan fingerprint density at radius 3 is 2.88 bits per heavy atom. The molecule has 1 fully saturated rings. The van der Waals surface area contributed by atoms with E-state index in [0.29, 0.717) is 22.4 Å². The van der Waals surface area contributed by atoms with Gasteiger partial charge in [0.2, 0.25) is 0 Å². The van der Waals surface area contributed by atoms with Gasteiger partial charge in [-0.15, -0.1) is 0 Å². The van der Waals surface area contributed by atoms with E-state index in [2.05, 4.69) is 10.1 Å². The molecule has 17 heavy (non-hydrogen) atoms. The molecule has 0 atom stereocenters. The first-order chi connectivity index (χ1) is 8.24. The summed E-state index contributed by atoms with van der Waals surface area (Å²) >= 11 is 5.87. The fraction of sp³-hybridized carbons (Fsp3) is 0.333. The Hall–Kier alpha value is -1.55. The first-order valence-corrected chi connectivity index (χ1v) is 5.94. The van der Waals surface area contributed by atoms with Crippen LogP contribution in [0.15, 0.2) is 22.7 Å². The van der Waals surface area contributed by atoms with Gasteiger partial charge in [-0.05, 0) is 31.0 Å². The number of benzene rings is 1. The van der Waals surface area contributed by atoms with Crippen molar-refractivity contribution in [3.8, 4) is 17.2 Å². The molecule has 4 nitrogen and oxygen atoms in total. The predicted molar refractivity (Wildman–Crippen MR) is 63.0 cm³/mol. The summed E-state index contributed by atoms with van der Waals surface area (Å²) in [5.41, 5.74) is 0.482. The van der Waals surface area contributed by atoms with Crippen LogP contribution in [0.4, 0.5) is 0 Å². The van der Waals surface area contributed by atoms with Crippen LogP contribution in [-0.2, 0) is 0 Å². The van der Waals surface area contributed by atoms with Gasteiger partial charge < -0.3 is 9.63 Å². The predicted octanol–water partition coefficient (Wildman–Crippen LogP) is 3.36. The third kappa shape index (κ3) is 1.89. The number of halogens is 1. The summed E-state index contributed by atoms with van der Waals surface area (Å²) < 4.78 is 5.16. The maximum atomic E-state index is 9.72. The maximum Gasteiger partial charge on any atom is 0.261 e. The van der Waals surface area contributed by atoms with Gasteiger partial charge in [-0.3, -0.25) is 0 Å². The normalized spacial score (nSPS) is 15.8. The number of rotatable bonds is 2. The second-order valence-electron chi connectivity index (χ2n) is 4.25. The van der Waals surface area contributed by atoms with Gasteiger partial charge in [0, 0.05) is 10.9 Å². The van der Waals surface area contributed by atoms with Crippen molar-refractivity contribution in [3.05, 3.63) is 29.0 Å². The van der Waals surface area contributed by atoms with Gasteiger partial charge >= 0.3 is 0 Å². The summed E-state index contributed by atoms with van der Waals surface area (Å²) in [7, 11) is 0. The lowest BCUT2D eigenvalue weighted by Crippen LogP contribution is -2.10. The molecule has 0 aliphatic heterocycles. The molecule has 0 radical (unpaired) electrons. The minimum atomic E-state index is 0.0956. The van der Waals surface area contributed by atoms with Gasteiger partial charge in [-0.2, -0.15) is 4.98 Å². The molecule has 1 heterocycles. The van der Waals surface area contributed by atoms with E-state index in [1.54, 1.807) is 12.1 Å². The van der Waals surface area contributed by atoms with Crippen LogP contribution < -0.4 is 0 Å². The van der Waals surface area contributed by atoms with Crippen LogP contribution in [0.5, 0.6) is 5.75 Å². The smallest absolute Gasteiger partial charge is 0.261 e.